The number of nitrogens with zero attached hydrogens (tertiary/aromatic N) is 3. The van der Waals surface area contributed by atoms with E-state index in [2.05, 4.69) is 10.1 Å². The number of esters is 1. The fraction of sp³-hybridized carbons (Fsp3) is 0.500. The SMILES string of the molecule is C[C@H](NP(=O)(OC[C@H]1S[C@@H](n2ccc(N(C(=O)OC(C)(C)C)C(=O)OC(C)(C)C)nc2=O)[C@@H](F)[C@@H]1OC(=O)OC(C)(C)C)Oc1ccc(Cl)cc1Cl)C(=O)OCc1ccccc1. The molecule has 4 rings (SSSR count). The predicted molar refractivity (Wildman–Crippen MR) is 229 cm³/mol. The van der Waals surface area contributed by atoms with Crippen LogP contribution < -0.4 is 20.2 Å². The second-order valence-electron chi connectivity index (χ2n) is 16.7. The van der Waals surface area contributed by atoms with Gasteiger partial charge in [0, 0.05) is 11.2 Å². The molecule has 1 aliphatic rings. The van der Waals surface area contributed by atoms with E-state index in [0.29, 0.717) is 10.5 Å². The Morgan fingerprint density at radius 2 is 1.52 bits per heavy atom. The molecule has 1 fully saturated rings. The number of carbonyl (C=O) groups excluding carboxylic acids is 4. The fourth-order valence-corrected chi connectivity index (χ4v) is 8.86. The second-order valence-corrected chi connectivity index (χ2v) is 20.6. The van der Waals surface area contributed by atoms with Gasteiger partial charge in [0.25, 0.3) is 0 Å². The Hall–Kier alpha value is -4.39. The summed E-state index contributed by atoms with van der Waals surface area (Å²) in [4.78, 5) is 70.4. The van der Waals surface area contributed by atoms with Crippen LogP contribution in [0.4, 0.5) is 24.6 Å². The van der Waals surface area contributed by atoms with E-state index in [-0.39, 0.29) is 22.4 Å². The van der Waals surface area contributed by atoms with E-state index in [9.17, 15) is 28.5 Å². The third kappa shape index (κ3) is 14.9. The van der Waals surface area contributed by atoms with Gasteiger partial charge in [-0.15, -0.1) is 11.8 Å². The highest BCUT2D eigenvalue weighted by Crippen LogP contribution is 2.51. The van der Waals surface area contributed by atoms with Crippen molar-refractivity contribution >= 4 is 72.8 Å². The monoisotopic (exact) mass is 946 g/mol. The van der Waals surface area contributed by atoms with E-state index in [1.54, 1.807) is 92.6 Å². The van der Waals surface area contributed by atoms with E-state index >= 15 is 4.39 Å². The Bertz CT molecular complexity index is 2170. The van der Waals surface area contributed by atoms with Gasteiger partial charge in [0.15, 0.2) is 18.1 Å². The van der Waals surface area contributed by atoms with Crippen molar-refractivity contribution in [3.8, 4) is 5.75 Å². The maximum absolute atomic E-state index is 16.7. The van der Waals surface area contributed by atoms with Crippen molar-refractivity contribution < 1.29 is 60.9 Å². The fourth-order valence-electron chi connectivity index (χ4n) is 5.26. The van der Waals surface area contributed by atoms with Crippen LogP contribution in [0.15, 0.2) is 65.6 Å². The van der Waals surface area contributed by atoms with Gasteiger partial charge in [-0.05, 0) is 99.1 Å². The van der Waals surface area contributed by atoms with E-state index in [1.165, 1.54) is 25.1 Å². The third-order valence-electron chi connectivity index (χ3n) is 7.81. The van der Waals surface area contributed by atoms with Crippen molar-refractivity contribution in [2.24, 2.45) is 0 Å². The van der Waals surface area contributed by atoms with Gasteiger partial charge in [-0.3, -0.25) is 13.9 Å². The molecule has 2 aromatic carbocycles. The van der Waals surface area contributed by atoms with Gasteiger partial charge in [0.1, 0.15) is 40.6 Å². The van der Waals surface area contributed by atoms with Crippen molar-refractivity contribution in [2.45, 2.75) is 122 Å². The van der Waals surface area contributed by atoms with Crippen LogP contribution in [0.3, 0.4) is 0 Å². The van der Waals surface area contributed by atoms with Crippen LogP contribution in [0.2, 0.25) is 10.0 Å². The highest BCUT2D eigenvalue weighted by molar-refractivity contribution is 8.00. The molecule has 0 radical (unpaired) electrons. The summed E-state index contributed by atoms with van der Waals surface area (Å²) in [6.45, 7) is 14.6. The number of thioether (sulfide) groups is 1. The summed E-state index contributed by atoms with van der Waals surface area (Å²) in [5.74, 6) is -1.49. The maximum Gasteiger partial charge on any atom is 0.509 e. The van der Waals surface area contributed by atoms with E-state index < -0.39 is 95.9 Å². The van der Waals surface area contributed by atoms with Gasteiger partial charge < -0.3 is 28.2 Å². The summed E-state index contributed by atoms with van der Waals surface area (Å²) >= 11 is 13.1. The second kappa shape index (κ2) is 20.4. The summed E-state index contributed by atoms with van der Waals surface area (Å²) in [6, 6.07) is 12.6. The number of ether oxygens (including phenoxy) is 5. The minimum Gasteiger partial charge on any atom is -0.460 e. The Balaban J connectivity index is 1.67. The molecule has 1 unspecified atom stereocenters. The molecule has 0 bridgehead atoms. The molecule has 1 aromatic heterocycles. The number of nitrogens with one attached hydrogen (secondary N) is 1. The normalized spacial score (nSPS) is 19.4. The molecule has 1 N–H and O–H groups in total. The number of halogens is 3. The molecule has 0 saturated carbocycles. The summed E-state index contributed by atoms with van der Waals surface area (Å²) in [6.07, 6.45) is -6.47. The van der Waals surface area contributed by atoms with Gasteiger partial charge in [-0.2, -0.15) is 15.0 Å². The molecule has 0 aliphatic carbocycles. The number of carbonyl (C=O) groups is 4. The standard InChI is InChI=1S/C40H50Cl2FN4O13PS/c1-23(33(48)54-21-24-14-12-11-13-15-24)45-61(53,60-27-17-16-25(41)20-26(27)42)55-22-28-31(56-37(52)59-40(8,9)10)30(43)32(62-28)46-19-18-29(44-34(46)49)47(35(50)57-38(2,3)4)36(51)58-39(5,6)7/h11-20,23,28,30-32H,21-22H2,1-10H3,(H,45,53)/t23-,28+,30-,31+,32+,61?/m0/s1. The molecule has 3 aromatic rings. The van der Waals surface area contributed by atoms with Crippen LogP contribution >= 0.6 is 42.7 Å². The van der Waals surface area contributed by atoms with Gasteiger partial charge in [0.05, 0.1) is 16.9 Å². The smallest absolute Gasteiger partial charge is 0.460 e. The van der Waals surface area contributed by atoms with E-state index in [1.807, 2.05) is 0 Å². The highest BCUT2D eigenvalue weighted by Gasteiger charge is 2.50. The zero-order valence-electron chi connectivity index (χ0n) is 35.7. The summed E-state index contributed by atoms with van der Waals surface area (Å²) < 4.78 is 70.5. The first kappa shape index (κ1) is 50.3. The van der Waals surface area contributed by atoms with Gasteiger partial charge in [-0.25, -0.2) is 28.1 Å². The van der Waals surface area contributed by atoms with Crippen molar-refractivity contribution in [3.05, 3.63) is 86.9 Å². The van der Waals surface area contributed by atoms with Gasteiger partial charge in [0.2, 0.25) is 0 Å². The molecule has 2 heterocycles. The van der Waals surface area contributed by atoms with Crippen LogP contribution in [-0.2, 0) is 44.2 Å². The third-order valence-corrected chi connectivity index (χ3v) is 11.5. The van der Waals surface area contributed by atoms with Crippen LogP contribution in [0, 0.1) is 0 Å². The number of rotatable bonds is 13. The molecule has 2 amide bonds. The Labute approximate surface area is 372 Å². The van der Waals surface area contributed by atoms with Crippen molar-refractivity contribution in [1.82, 2.24) is 14.6 Å². The number of aromatic nitrogens is 2. The zero-order chi connectivity index (χ0) is 46.4. The number of amides is 2. The first-order valence-electron chi connectivity index (χ1n) is 19.1. The van der Waals surface area contributed by atoms with Crippen molar-refractivity contribution in [3.63, 3.8) is 0 Å². The molecule has 22 heteroatoms. The van der Waals surface area contributed by atoms with Crippen LogP contribution in [0.5, 0.6) is 5.75 Å². The lowest BCUT2D eigenvalue weighted by Gasteiger charge is -2.28. The molecule has 17 nitrogen and oxygen atoms in total. The topological polar surface area (TPSA) is 200 Å². The number of benzene rings is 2. The lowest BCUT2D eigenvalue weighted by atomic mass is 10.1. The molecular formula is C40H50Cl2FN4O13PS. The van der Waals surface area contributed by atoms with Crippen molar-refractivity contribution in [2.75, 3.05) is 11.5 Å². The minimum absolute atomic E-state index is 0.0695. The lowest BCUT2D eigenvalue weighted by molar-refractivity contribution is -0.146. The lowest BCUT2D eigenvalue weighted by Crippen LogP contribution is -2.45. The molecule has 0 spiro atoms. The quantitative estimate of drug-likeness (QED) is 0.0964. The zero-order valence-corrected chi connectivity index (χ0v) is 38.9. The molecular weight excluding hydrogens is 897 g/mol. The number of hydrogen-bond donors (Lipinski definition) is 1. The van der Waals surface area contributed by atoms with Gasteiger partial charge in [-0.1, -0.05) is 53.5 Å². The van der Waals surface area contributed by atoms with E-state index in [0.717, 1.165) is 28.6 Å². The summed E-state index contributed by atoms with van der Waals surface area (Å²) in [5.41, 5.74) is -3.63. The van der Waals surface area contributed by atoms with Crippen LogP contribution in [-0.4, -0.2) is 80.8 Å². The number of anilines is 1. The van der Waals surface area contributed by atoms with Crippen LogP contribution in [0.25, 0.3) is 0 Å². The molecule has 62 heavy (non-hydrogen) atoms. The molecule has 340 valence electrons. The Morgan fingerprint density at radius 3 is 2.06 bits per heavy atom. The average molecular weight is 948 g/mol. The molecule has 1 aliphatic heterocycles. The van der Waals surface area contributed by atoms with E-state index in [4.69, 9.17) is 55.9 Å². The molecule has 1 saturated heterocycles. The minimum atomic E-state index is -4.68. The summed E-state index contributed by atoms with van der Waals surface area (Å²) in [7, 11) is -4.68. The average Bonchev–Trinajstić information content (AvgIpc) is 3.42. The number of alkyl halides is 1. The predicted octanol–water partition coefficient (Wildman–Crippen LogP) is 9.42. The van der Waals surface area contributed by atoms with Crippen LogP contribution in [0.1, 0.15) is 80.2 Å². The summed E-state index contributed by atoms with van der Waals surface area (Å²) in [5, 5.41) is -0.0536. The first-order chi connectivity index (χ1) is 28.6. The Morgan fingerprint density at radius 1 is 0.919 bits per heavy atom. The van der Waals surface area contributed by atoms with Crippen molar-refractivity contribution in [1.29, 1.82) is 0 Å². The number of hydrogen-bond acceptors (Lipinski definition) is 15. The highest BCUT2D eigenvalue weighted by atomic mass is 35.5. The Kier molecular flexibility index (Phi) is 16.5. The first-order valence-corrected chi connectivity index (χ1v) is 22.3. The van der Waals surface area contributed by atoms with Gasteiger partial charge >= 0.3 is 37.7 Å². The molecule has 6 atom stereocenters. The largest absolute Gasteiger partial charge is 0.509 e. The maximum atomic E-state index is 16.7. The number of imide groups is 1.